The van der Waals surface area contributed by atoms with Crippen LogP contribution in [0.3, 0.4) is 0 Å². The van der Waals surface area contributed by atoms with E-state index < -0.39 is 0 Å². The van der Waals surface area contributed by atoms with Crippen molar-refractivity contribution < 1.29 is 0 Å². The fourth-order valence-electron chi connectivity index (χ4n) is 2.91. The molecule has 2 saturated carbocycles. The highest BCUT2D eigenvalue weighted by atomic mass is 79.9. The summed E-state index contributed by atoms with van der Waals surface area (Å²) in [6.45, 7) is 4.79. The fourth-order valence-corrected chi connectivity index (χ4v) is 3.87. The summed E-state index contributed by atoms with van der Waals surface area (Å²) >= 11 is 3.49. The molecule has 2 aliphatic rings. The number of halogens is 1. The first kappa shape index (κ1) is 7.85. The molecule has 0 heterocycles. The van der Waals surface area contributed by atoms with Crippen molar-refractivity contribution in [2.24, 2.45) is 17.3 Å². The molecule has 0 amide bonds. The summed E-state index contributed by atoms with van der Waals surface area (Å²) < 4.78 is 0. The van der Waals surface area contributed by atoms with Crippen LogP contribution in [0.5, 0.6) is 0 Å². The molecule has 2 atom stereocenters. The van der Waals surface area contributed by atoms with Gasteiger partial charge >= 0.3 is 0 Å². The van der Waals surface area contributed by atoms with Crippen LogP contribution >= 0.6 is 15.9 Å². The molecule has 0 spiro atoms. The molecule has 11 heavy (non-hydrogen) atoms. The number of hydrogen-bond acceptors (Lipinski definition) is 0. The summed E-state index contributed by atoms with van der Waals surface area (Å²) in [5, 5.41) is 0. The average molecular weight is 215 g/mol. The second-order valence-electron chi connectivity index (χ2n) is 4.49. The van der Waals surface area contributed by atoms with Crippen LogP contribution in [0.2, 0.25) is 0 Å². The van der Waals surface area contributed by atoms with Crippen molar-refractivity contribution in [1.29, 1.82) is 0 Å². The molecule has 0 aromatic carbocycles. The van der Waals surface area contributed by atoms with Crippen molar-refractivity contribution in [3.05, 3.63) is 10.6 Å². The molecule has 2 rings (SSSR count). The zero-order chi connectivity index (χ0) is 8.06. The third kappa shape index (κ3) is 0.932. The van der Waals surface area contributed by atoms with E-state index in [2.05, 4.69) is 34.8 Å². The molecule has 0 aromatic heterocycles. The van der Waals surface area contributed by atoms with E-state index in [0.29, 0.717) is 5.41 Å². The van der Waals surface area contributed by atoms with Gasteiger partial charge < -0.3 is 0 Å². The summed E-state index contributed by atoms with van der Waals surface area (Å²) in [6.07, 6.45) is 4.35. The van der Waals surface area contributed by atoms with E-state index >= 15 is 0 Å². The van der Waals surface area contributed by atoms with Crippen molar-refractivity contribution in [3.63, 3.8) is 0 Å². The van der Waals surface area contributed by atoms with Gasteiger partial charge in [0.05, 0.1) is 0 Å². The Hall–Kier alpha value is 0.220. The van der Waals surface area contributed by atoms with E-state index in [0.717, 1.165) is 11.8 Å². The van der Waals surface area contributed by atoms with E-state index in [4.69, 9.17) is 0 Å². The van der Waals surface area contributed by atoms with Gasteiger partial charge in [-0.25, -0.2) is 0 Å². The SMILES string of the molecule is CC1(C)C(=CBr)C2CCC1C2. The maximum Gasteiger partial charge on any atom is -0.0105 e. The molecular weight excluding hydrogens is 200 g/mol. The highest BCUT2D eigenvalue weighted by molar-refractivity contribution is 9.11. The molecule has 0 aromatic rings. The van der Waals surface area contributed by atoms with Gasteiger partial charge in [-0.3, -0.25) is 0 Å². The zero-order valence-corrected chi connectivity index (χ0v) is 8.82. The van der Waals surface area contributed by atoms with E-state index in [1.165, 1.54) is 19.3 Å². The van der Waals surface area contributed by atoms with E-state index in [-0.39, 0.29) is 0 Å². The summed E-state index contributed by atoms with van der Waals surface area (Å²) in [4.78, 5) is 2.18. The Balaban J connectivity index is 2.36. The Morgan fingerprint density at radius 1 is 1.45 bits per heavy atom. The maximum atomic E-state index is 3.49. The third-order valence-corrected chi connectivity index (χ3v) is 4.25. The lowest BCUT2D eigenvalue weighted by atomic mass is 9.73. The number of rotatable bonds is 0. The average Bonchev–Trinajstić information content (AvgIpc) is 2.44. The van der Waals surface area contributed by atoms with Gasteiger partial charge in [-0.05, 0) is 41.5 Å². The second kappa shape index (κ2) is 2.35. The van der Waals surface area contributed by atoms with Crippen LogP contribution in [0, 0.1) is 17.3 Å². The lowest BCUT2D eigenvalue weighted by molar-refractivity contribution is 0.288. The van der Waals surface area contributed by atoms with Crippen LogP contribution < -0.4 is 0 Å². The third-order valence-electron chi connectivity index (χ3n) is 3.75. The molecule has 0 N–H and O–H groups in total. The molecule has 0 nitrogen and oxygen atoms in total. The van der Waals surface area contributed by atoms with Gasteiger partial charge in [0.25, 0.3) is 0 Å². The molecule has 2 fully saturated rings. The van der Waals surface area contributed by atoms with Gasteiger partial charge in [0.1, 0.15) is 0 Å². The van der Waals surface area contributed by atoms with Crippen LogP contribution in [0.25, 0.3) is 0 Å². The predicted molar refractivity (Wildman–Crippen MR) is 51.6 cm³/mol. The Labute approximate surface area is 77.2 Å². The molecule has 2 bridgehead atoms. The van der Waals surface area contributed by atoms with Crippen molar-refractivity contribution in [2.75, 3.05) is 0 Å². The van der Waals surface area contributed by atoms with E-state index in [9.17, 15) is 0 Å². The Kier molecular flexibility index (Phi) is 1.68. The number of allylic oxidation sites excluding steroid dienone is 1. The summed E-state index contributed by atoms with van der Waals surface area (Å²) in [5.41, 5.74) is 2.15. The van der Waals surface area contributed by atoms with Crippen LogP contribution in [0.1, 0.15) is 33.1 Å². The minimum Gasteiger partial charge on any atom is -0.0595 e. The van der Waals surface area contributed by atoms with Crippen LogP contribution in [-0.2, 0) is 0 Å². The minimum atomic E-state index is 0.492. The highest BCUT2D eigenvalue weighted by Crippen LogP contribution is 2.59. The van der Waals surface area contributed by atoms with E-state index in [1.54, 1.807) is 5.57 Å². The quantitative estimate of drug-likeness (QED) is 0.577. The van der Waals surface area contributed by atoms with Gasteiger partial charge in [0.15, 0.2) is 0 Å². The molecular formula is C10H15Br. The lowest BCUT2D eigenvalue weighted by Gasteiger charge is -2.32. The predicted octanol–water partition coefficient (Wildman–Crippen LogP) is 3.72. The number of fused-ring (bicyclic) bond motifs is 2. The normalized spacial score (nSPS) is 43.7. The Morgan fingerprint density at radius 2 is 2.18 bits per heavy atom. The van der Waals surface area contributed by atoms with Crippen molar-refractivity contribution in [2.45, 2.75) is 33.1 Å². The highest BCUT2D eigenvalue weighted by Gasteiger charge is 2.48. The van der Waals surface area contributed by atoms with Crippen molar-refractivity contribution in [3.8, 4) is 0 Å². The number of hydrogen-bond donors (Lipinski definition) is 0. The Morgan fingerprint density at radius 3 is 2.55 bits per heavy atom. The first-order chi connectivity index (χ1) is 5.16. The van der Waals surface area contributed by atoms with Crippen molar-refractivity contribution >= 4 is 15.9 Å². The molecule has 0 radical (unpaired) electrons. The molecule has 0 saturated heterocycles. The van der Waals surface area contributed by atoms with Gasteiger partial charge in [-0.2, -0.15) is 0 Å². The van der Waals surface area contributed by atoms with Crippen LogP contribution in [0.4, 0.5) is 0 Å². The molecule has 1 heteroatoms. The summed E-state index contributed by atoms with van der Waals surface area (Å²) in [6, 6.07) is 0. The topological polar surface area (TPSA) is 0 Å². The largest absolute Gasteiger partial charge is 0.0595 e. The minimum absolute atomic E-state index is 0.492. The smallest absolute Gasteiger partial charge is 0.0105 e. The molecule has 0 aliphatic heterocycles. The van der Waals surface area contributed by atoms with Crippen molar-refractivity contribution in [1.82, 2.24) is 0 Å². The standard InChI is InChI=1S/C10H15Br/c1-10(2)8-4-3-7(5-8)9(10)6-11/h6-8H,3-5H2,1-2H3. The van der Waals surface area contributed by atoms with Crippen LogP contribution in [0.15, 0.2) is 10.6 Å². The van der Waals surface area contributed by atoms with Gasteiger partial charge in [0, 0.05) is 0 Å². The monoisotopic (exact) mass is 214 g/mol. The fraction of sp³-hybridized carbons (Fsp3) is 0.800. The Bertz CT molecular complexity index is 203. The zero-order valence-electron chi connectivity index (χ0n) is 7.23. The summed E-state index contributed by atoms with van der Waals surface area (Å²) in [7, 11) is 0. The van der Waals surface area contributed by atoms with Gasteiger partial charge in [-0.15, -0.1) is 0 Å². The first-order valence-corrected chi connectivity index (χ1v) is 5.38. The maximum absolute atomic E-state index is 3.49. The van der Waals surface area contributed by atoms with Gasteiger partial charge in [0.2, 0.25) is 0 Å². The lowest BCUT2D eigenvalue weighted by Crippen LogP contribution is -2.22. The second-order valence-corrected chi connectivity index (χ2v) is 4.95. The van der Waals surface area contributed by atoms with E-state index in [1.807, 2.05) is 0 Å². The molecule has 2 aliphatic carbocycles. The van der Waals surface area contributed by atoms with Crippen LogP contribution in [-0.4, -0.2) is 0 Å². The first-order valence-electron chi connectivity index (χ1n) is 4.47. The molecule has 2 unspecified atom stereocenters. The molecule has 62 valence electrons. The summed E-state index contributed by atoms with van der Waals surface area (Å²) in [5.74, 6) is 1.88. The van der Waals surface area contributed by atoms with Gasteiger partial charge in [-0.1, -0.05) is 35.4 Å².